The van der Waals surface area contributed by atoms with Gasteiger partial charge in [-0.05, 0) is 35.4 Å². The van der Waals surface area contributed by atoms with Crippen molar-refractivity contribution >= 4 is 20.8 Å². The molecule has 39 heavy (non-hydrogen) atoms. The first-order chi connectivity index (χ1) is 18.6. The Kier molecular flexibility index (Phi) is 6.37. The molecule has 0 spiro atoms. The van der Waals surface area contributed by atoms with Gasteiger partial charge in [0.25, 0.3) is 0 Å². The number of ether oxygens (including phenoxy) is 3. The topological polar surface area (TPSA) is 106 Å². The van der Waals surface area contributed by atoms with Crippen LogP contribution in [0.5, 0.6) is 5.88 Å². The van der Waals surface area contributed by atoms with Gasteiger partial charge in [-0.3, -0.25) is 0 Å². The van der Waals surface area contributed by atoms with E-state index in [2.05, 4.69) is 14.3 Å². The van der Waals surface area contributed by atoms with Gasteiger partial charge in [-0.15, -0.1) is 0 Å². The summed E-state index contributed by atoms with van der Waals surface area (Å²) in [6, 6.07) is 11.2. The second-order valence-electron chi connectivity index (χ2n) is 9.53. The molecule has 0 aliphatic carbocycles. The van der Waals surface area contributed by atoms with E-state index in [1.54, 1.807) is 24.3 Å². The fourth-order valence-electron chi connectivity index (χ4n) is 4.92. The van der Waals surface area contributed by atoms with Gasteiger partial charge in [-0.25, -0.2) is 26.7 Å². The lowest BCUT2D eigenvalue weighted by molar-refractivity contribution is 0.00794. The molecule has 5 atom stereocenters. The lowest BCUT2D eigenvalue weighted by atomic mass is 10.0. The molecule has 0 saturated carbocycles. The molecule has 12 heteroatoms. The summed E-state index contributed by atoms with van der Waals surface area (Å²) in [5, 5.41) is 9.90. The zero-order valence-corrected chi connectivity index (χ0v) is 21.7. The van der Waals surface area contributed by atoms with Crippen LogP contribution in [0.4, 0.5) is 13.2 Å². The first-order valence-electron chi connectivity index (χ1n) is 12.1. The first kappa shape index (κ1) is 25.8. The van der Waals surface area contributed by atoms with Crippen molar-refractivity contribution in [2.45, 2.75) is 29.3 Å². The van der Waals surface area contributed by atoms with Crippen molar-refractivity contribution in [2.24, 2.45) is 4.36 Å². The summed E-state index contributed by atoms with van der Waals surface area (Å²) in [6.07, 6.45) is -0.652. The fraction of sp³-hybridized carbons (Fsp3) is 0.296. The molecule has 0 bridgehead atoms. The molecule has 2 N–H and O–H groups in total. The Hall–Kier alpha value is -3.45. The zero-order chi connectivity index (χ0) is 27.5. The number of halogens is 3. The maximum absolute atomic E-state index is 15.2. The minimum atomic E-state index is -2.55. The second-order valence-corrected chi connectivity index (χ2v) is 12.0. The molecule has 2 aromatic carbocycles. The van der Waals surface area contributed by atoms with Gasteiger partial charge in [0.15, 0.2) is 17.8 Å². The third-order valence-electron chi connectivity index (χ3n) is 7.04. The van der Waals surface area contributed by atoms with Crippen LogP contribution in [0, 0.1) is 17.5 Å². The van der Waals surface area contributed by atoms with E-state index in [-0.39, 0.29) is 35.7 Å². The number of aromatic amines is 1. The molecule has 6 rings (SSSR count). The Morgan fingerprint density at radius 2 is 1.69 bits per heavy atom. The van der Waals surface area contributed by atoms with E-state index in [0.717, 1.165) is 18.2 Å². The van der Waals surface area contributed by atoms with Crippen molar-refractivity contribution in [3.05, 3.63) is 66.0 Å². The van der Waals surface area contributed by atoms with Gasteiger partial charge in [-0.1, -0.05) is 12.1 Å². The second kappa shape index (κ2) is 9.63. The van der Waals surface area contributed by atoms with Crippen molar-refractivity contribution < 1.29 is 36.7 Å². The van der Waals surface area contributed by atoms with Gasteiger partial charge in [0, 0.05) is 30.3 Å². The Bertz CT molecular complexity index is 1680. The Morgan fingerprint density at radius 1 is 1.00 bits per heavy atom. The lowest BCUT2D eigenvalue weighted by Crippen LogP contribution is -2.34. The summed E-state index contributed by atoms with van der Waals surface area (Å²) in [5.74, 6) is -2.64. The third kappa shape index (κ3) is 4.56. The Labute approximate surface area is 221 Å². The third-order valence-corrected chi connectivity index (χ3v) is 8.89. The van der Waals surface area contributed by atoms with E-state index in [1.807, 2.05) is 0 Å². The summed E-state index contributed by atoms with van der Waals surface area (Å²) >= 11 is 0. The van der Waals surface area contributed by atoms with Crippen LogP contribution in [-0.2, 0) is 19.2 Å². The summed E-state index contributed by atoms with van der Waals surface area (Å²) in [6.45, 7) is 0.348. The predicted octanol–water partition coefficient (Wildman–Crippen LogP) is 4.31. The van der Waals surface area contributed by atoms with E-state index >= 15 is 13.2 Å². The Balaban J connectivity index is 1.30. The van der Waals surface area contributed by atoms with Gasteiger partial charge in [0.05, 0.1) is 39.5 Å². The fourth-order valence-corrected chi connectivity index (χ4v) is 5.78. The summed E-state index contributed by atoms with van der Waals surface area (Å²) in [7, 11) is -1.09. The summed E-state index contributed by atoms with van der Waals surface area (Å²) in [5.41, 5.74) is 0.158. The van der Waals surface area contributed by atoms with Crippen LogP contribution in [0.15, 0.2) is 57.8 Å². The molecule has 0 radical (unpaired) electrons. The number of pyridine rings is 1. The number of aliphatic hydroxyl groups excluding tert-OH is 1. The van der Waals surface area contributed by atoms with Crippen LogP contribution in [0.2, 0.25) is 0 Å². The van der Waals surface area contributed by atoms with Crippen molar-refractivity contribution in [3.63, 3.8) is 0 Å². The molecule has 0 amide bonds. The quantitative estimate of drug-likeness (QED) is 0.378. The number of fused-ring (bicyclic) bond motifs is 2. The van der Waals surface area contributed by atoms with E-state index in [1.165, 1.54) is 19.4 Å². The molecule has 4 aromatic rings. The van der Waals surface area contributed by atoms with Gasteiger partial charge >= 0.3 is 0 Å². The normalized spacial score (nSPS) is 24.1. The number of hydrogen-bond acceptors (Lipinski definition) is 7. The van der Waals surface area contributed by atoms with Crippen molar-refractivity contribution in [1.29, 1.82) is 0 Å². The highest BCUT2D eigenvalue weighted by molar-refractivity contribution is 7.93. The van der Waals surface area contributed by atoms with Gasteiger partial charge in [0.2, 0.25) is 0 Å². The highest BCUT2D eigenvalue weighted by Gasteiger charge is 2.48. The lowest BCUT2D eigenvalue weighted by Gasteiger charge is -2.16. The van der Waals surface area contributed by atoms with Crippen LogP contribution >= 0.6 is 0 Å². The highest BCUT2D eigenvalue weighted by atomic mass is 32.2. The van der Waals surface area contributed by atoms with Gasteiger partial charge < -0.3 is 24.3 Å². The molecule has 2 saturated heterocycles. The van der Waals surface area contributed by atoms with Crippen LogP contribution in [-0.4, -0.2) is 70.2 Å². The highest BCUT2D eigenvalue weighted by Crippen LogP contribution is 2.35. The molecule has 2 aliphatic rings. The number of aromatic nitrogens is 2. The van der Waals surface area contributed by atoms with Crippen LogP contribution in [0.25, 0.3) is 33.4 Å². The van der Waals surface area contributed by atoms with E-state index < -0.39 is 62.9 Å². The maximum atomic E-state index is 15.2. The first-order valence-corrected chi connectivity index (χ1v) is 14.0. The monoisotopic (exact) mass is 559 g/mol. The molecule has 8 nitrogen and oxygen atoms in total. The Morgan fingerprint density at radius 3 is 2.38 bits per heavy atom. The number of hydrogen-bond donors (Lipinski definition) is 2. The van der Waals surface area contributed by atoms with Crippen LogP contribution < -0.4 is 4.74 Å². The predicted molar refractivity (Wildman–Crippen MR) is 137 cm³/mol. The minimum Gasteiger partial charge on any atom is -0.470 e. The smallest absolute Gasteiger partial charge is 0.193 e. The summed E-state index contributed by atoms with van der Waals surface area (Å²) < 4.78 is 78.8. The van der Waals surface area contributed by atoms with E-state index in [9.17, 15) is 9.32 Å². The SMILES string of the molecule is CN=S(C)(=O)c1ccc(-c2cc(F)c(-c3nc4cc(O[C@@H]5CO[C@H]6[C@@H]5OC[C@H]6O)[nH]c4cc3F)c(F)c2)cc1. The largest absolute Gasteiger partial charge is 0.470 e. The van der Waals surface area contributed by atoms with E-state index in [4.69, 9.17) is 14.2 Å². The van der Waals surface area contributed by atoms with Gasteiger partial charge in [-0.2, -0.15) is 0 Å². The maximum Gasteiger partial charge on any atom is 0.193 e. The molecule has 2 aromatic heterocycles. The number of H-pyrrole nitrogens is 1. The van der Waals surface area contributed by atoms with Crippen molar-refractivity contribution in [2.75, 3.05) is 26.5 Å². The van der Waals surface area contributed by atoms with Crippen LogP contribution in [0.3, 0.4) is 0 Å². The molecule has 2 aliphatic heterocycles. The van der Waals surface area contributed by atoms with E-state index in [0.29, 0.717) is 10.5 Å². The number of rotatable bonds is 5. The average molecular weight is 560 g/mol. The number of nitrogens with one attached hydrogen (secondary N) is 1. The molecule has 1 unspecified atom stereocenters. The van der Waals surface area contributed by atoms with Gasteiger partial charge in [0.1, 0.15) is 35.6 Å². The van der Waals surface area contributed by atoms with Crippen molar-refractivity contribution in [3.8, 4) is 28.3 Å². The zero-order valence-electron chi connectivity index (χ0n) is 20.9. The molecule has 2 fully saturated rings. The van der Waals surface area contributed by atoms with Crippen molar-refractivity contribution in [1.82, 2.24) is 9.97 Å². The molecule has 4 heterocycles. The summed E-state index contributed by atoms with van der Waals surface area (Å²) in [4.78, 5) is 7.57. The minimum absolute atomic E-state index is 0.148. The molecular weight excluding hydrogens is 535 g/mol. The standard InChI is InChI=1S/C27H24F3N3O5S/c1-31-39(2,35)15-5-3-13(4-6-15)14-7-16(28)24(17(29)8-14)25-18(30)9-19-20(33-25)10-23(32-19)38-22-12-37-26-21(34)11-36-27(22)26/h3-10,21-22,26-27,32,34H,11-12H2,1-2H3/t21-,22-,26-,27-,39?/m1/s1. The molecular formula is C27H24F3N3O5S. The number of nitrogens with zero attached hydrogens (tertiary/aromatic N) is 2. The number of aliphatic hydroxyl groups is 1. The van der Waals surface area contributed by atoms with Crippen LogP contribution in [0.1, 0.15) is 0 Å². The average Bonchev–Trinajstić information content (AvgIpc) is 3.60. The number of benzene rings is 2. The molecule has 204 valence electrons.